The van der Waals surface area contributed by atoms with Crippen molar-refractivity contribution in [3.63, 3.8) is 0 Å². The van der Waals surface area contributed by atoms with E-state index >= 15 is 0 Å². The number of benzene rings is 1. The highest BCUT2D eigenvalue weighted by molar-refractivity contribution is 5.92. The molecule has 18 heavy (non-hydrogen) atoms. The monoisotopic (exact) mass is 249 g/mol. The van der Waals surface area contributed by atoms with Crippen molar-refractivity contribution < 1.29 is 14.5 Å². The van der Waals surface area contributed by atoms with Crippen molar-refractivity contribution in [3.05, 3.63) is 28.3 Å². The van der Waals surface area contributed by atoms with Crippen LogP contribution in [0, 0.1) is 21.4 Å². The van der Waals surface area contributed by atoms with Crippen molar-refractivity contribution in [2.24, 2.45) is 0 Å². The highest BCUT2D eigenvalue weighted by atomic mass is 16.6. The van der Waals surface area contributed by atoms with Gasteiger partial charge in [-0.1, -0.05) is 0 Å². The van der Waals surface area contributed by atoms with Crippen LogP contribution in [-0.2, 0) is 4.79 Å². The van der Waals surface area contributed by atoms with Gasteiger partial charge in [0.25, 0.3) is 0 Å². The number of rotatable bonds is 5. The van der Waals surface area contributed by atoms with Gasteiger partial charge in [0.2, 0.25) is 5.91 Å². The molecule has 7 heteroatoms. The molecule has 0 spiro atoms. The van der Waals surface area contributed by atoms with Gasteiger partial charge in [0.15, 0.2) is 5.75 Å². The SMILES string of the molecule is CCOc1ccc(NC(=O)CC#N)cc1[N+](=O)[O-]. The number of anilines is 1. The van der Waals surface area contributed by atoms with Gasteiger partial charge in [-0.05, 0) is 19.1 Å². The Bertz CT molecular complexity index is 508. The molecule has 0 atom stereocenters. The predicted molar refractivity (Wildman–Crippen MR) is 63.1 cm³/mol. The van der Waals surface area contributed by atoms with Crippen LogP contribution in [0.25, 0.3) is 0 Å². The maximum Gasteiger partial charge on any atom is 0.312 e. The van der Waals surface area contributed by atoms with Crippen molar-refractivity contribution in [2.75, 3.05) is 11.9 Å². The number of carbonyl (C=O) groups is 1. The lowest BCUT2D eigenvalue weighted by Crippen LogP contribution is -2.10. The molecule has 94 valence electrons. The molecule has 0 saturated heterocycles. The van der Waals surface area contributed by atoms with E-state index in [9.17, 15) is 14.9 Å². The average Bonchev–Trinajstić information content (AvgIpc) is 2.31. The smallest absolute Gasteiger partial charge is 0.312 e. The summed E-state index contributed by atoms with van der Waals surface area (Å²) >= 11 is 0. The number of ether oxygens (including phenoxy) is 1. The van der Waals surface area contributed by atoms with Crippen LogP contribution < -0.4 is 10.1 Å². The van der Waals surface area contributed by atoms with Gasteiger partial charge >= 0.3 is 5.69 Å². The van der Waals surface area contributed by atoms with Gasteiger partial charge < -0.3 is 10.1 Å². The standard InChI is InChI=1S/C11H11N3O4/c1-2-18-10-4-3-8(7-9(10)14(16)17)13-11(15)5-6-12/h3-4,7H,2,5H2,1H3,(H,13,15). The molecule has 0 aromatic heterocycles. The van der Waals surface area contributed by atoms with Gasteiger partial charge in [-0.15, -0.1) is 0 Å². The first kappa shape index (κ1) is 13.4. The third-order valence-electron chi connectivity index (χ3n) is 1.98. The fourth-order valence-electron chi connectivity index (χ4n) is 1.29. The molecule has 0 heterocycles. The third-order valence-corrected chi connectivity index (χ3v) is 1.98. The number of nitrogens with zero attached hydrogens (tertiary/aromatic N) is 2. The normalized spacial score (nSPS) is 9.33. The molecule has 0 saturated carbocycles. The van der Waals surface area contributed by atoms with Crippen LogP contribution in [-0.4, -0.2) is 17.4 Å². The highest BCUT2D eigenvalue weighted by Crippen LogP contribution is 2.30. The van der Waals surface area contributed by atoms with Gasteiger partial charge in [-0.3, -0.25) is 14.9 Å². The Morgan fingerprint density at radius 2 is 2.33 bits per heavy atom. The molecular weight excluding hydrogens is 238 g/mol. The van der Waals surface area contributed by atoms with Crippen LogP contribution in [0.3, 0.4) is 0 Å². The van der Waals surface area contributed by atoms with E-state index in [1.54, 1.807) is 13.0 Å². The second-order valence-electron chi connectivity index (χ2n) is 3.26. The van der Waals surface area contributed by atoms with Crippen molar-refractivity contribution >= 4 is 17.3 Å². The molecular formula is C11H11N3O4. The summed E-state index contributed by atoms with van der Waals surface area (Å²) in [5, 5.41) is 21.5. The molecule has 0 aliphatic carbocycles. The number of hydrogen-bond acceptors (Lipinski definition) is 5. The van der Waals surface area contributed by atoms with Gasteiger partial charge in [0, 0.05) is 11.8 Å². The molecule has 0 fully saturated rings. The number of nitrogens with one attached hydrogen (secondary N) is 1. The van der Waals surface area contributed by atoms with Crippen LogP contribution in [0.5, 0.6) is 5.75 Å². The topological polar surface area (TPSA) is 105 Å². The van der Waals surface area contributed by atoms with E-state index in [4.69, 9.17) is 10.00 Å². The van der Waals surface area contributed by atoms with Gasteiger partial charge in [0.1, 0.15) is 6.42 Å². The van der Waals surface area contributed by atoms with E-state index < -0.39 is 10.8 Å². The van der Waals surface area contributed by atoms with E-state index in [0.29, 0.717) is 6.61 Å². The zero-order valence-corrected chi connectivity index (χ0v) is 9.67. The molecule has 7 nitrogen and oxygen atoms in total. The van der Waals surface area contributed by atoms with Crippen LogP contribution in [0.1, 0.15) is 13.3 Å². The van der Waals surface area contributed by atoms with E-state index in [1.807, 2.05) is 0 Å². The minimum Gasteiger partial charge on any atom is -0.487 e. The molecule has 1 aromatic rings. The Kier molecular flexibility index (Phi) is 4.63. The lowest BCUT2D eigenvalue weighted by Gasteiger charge is -2.07. The molecule has 1 amide bonds. The van der Waals surface area contributed by atoms with E-state index in [0.717, 1.165) is 0 Å². The summed E-state index contributed by atoms with van der Waals surface area (Å²) < 4.78 is 5.10. The van der Waals surface area contributed by atoms with Gasteiger partial charge in [-0.2, -0.15) is 5.26 Å². The third kappa shape index (κ3) is 3.45. The minimum absolute atomic E-state index is 0.140. The summed E-state index contributed by atoms with van der Waals surface area (Å²) in [5.74, 6) is -0.378. The Hall–Kier alpha value is -2.62. The maximum atomic E-state index is 11.2. The largest absolute Gasteiger partial charge is 0.487 e. The number of nitro groups is 1. The first-order valence-corrected chi connectivity index (χ1v) is 5.16. The van der Waals surface area contributed by atoms with E-state index in [2.05, 4.69) is 5.32 Å². The summed E-state index contributed by atoms with van der Waals surface area (Å²) in [4.78, 5) is 21.4. The fraction of sp³-hybridized carbons (Fsp3) is 0.273. The number of hydrogen-bond donors (Lipinski definition) is 1. The molecule has 0 radical (unpaired) electrons. The predicted octanol–water partition coefficient (Wildman–Crippen LogP) is 1.85. The molecule has 1 aromatic carbocycles. The fourth-order valence-corrected chi connectivity index (χ4v) is 1.29. The molecule has 1 N–H and O–H groups in total. The Morgan fingerprint density at radius 3 is 2.89 bits per heavy atom. The summed E-state index contributed by atoms with van der Waals surface area (Å²) in [6.07, 6.45) is -0.305. The second kappa shape index (κ2) is 6.20. The first-order chi connectivity index (χ1) is 8.58. The van der Waals surface area contributed by atoms with Gasteiger partial charge in [-0.25, -0.2) is 0 Å². The van der Waals surface area contributed by atoms with Crippen LogP contribution in [0.15, 0.2) is 18.2 Å². The summed E-state index contributed by atoms with van der Waals surface area (Å²) in [5.41, 5.74) is 0.0250. The number of amides is 1. The van der Waals surface area contributed by atoms with Crippen molar-refractivity contribution in [1.82, 2.24) is 0 Å². The highest BCUT2D eigenvalue weighted by Gasteiger charge is 2.16. The Morgan fingerprint density at radius 1 is 1.61 bits per heavy atom. The minimum atomic E-state index is -0.592. The zero-order valence-electron chi connectivity index (χ0n) is 9.67. The van der Waals surface area contributed by atoms with E-state index in [-0.39, 0.29) is 23.5 Å². The van der Waals surface area contributed by atoms with E-state index in [1.165, 1.54) is 18.2 Å². The number of carbonyl (C=O) groups excluding carboxylic acids is 1. The first-order valence-electron chi connectivity index (χ1n) is 5.16. The Balaban J connectivity index is 2.97. The second-order valence-corrected chi connectivity index (χ2v) is 3.26. The average molecular weight is 249 g/mol. The van der Waals surface area contributed by atoms with Crippen LogP contribution in [0.2, 0.25) is 0 Å². The molecule has 0 aliphatic rings. The molecule has 0 unspecified atom stereocenters. The van der Waals surface area contributed by atoms with Gasteiger partial charge in [0.05, 0.1) is 17.6 Å². The van der Waals surface area contributed by atoms with Crippen LogP contribution in [0.4, 0.5) is 11.4 Å². The van der Waals surface area contributed by atoms with Crippen molar-refractivity contribution in [3.8, 4) is 11.8 Å². The summed E-state index contributed by atoms with van der Waals surface area (Å²) in [7, 11) is 0. The quantitative estimate of drug-likeness (QED) is 0.633. The molecule has 0 bridgehead atoms. The lowest BCUT2D eigenvalue weighted by molar-refractivity contribution is -0.385. The van der Waals surface area contributed by atoms with Crippen molar-refractivity contribution in [1.29, 1.82) is 5.26 Å². The molecule has 1 rings (SSSR count). The molecule has 0 aliphatic heterocycles. The maximum absolute atomic E-state index is 11.2. The van der Waals surface area contributed by atoms with Crippen molar-refractivity contribution in [2.45, 2.75) is 13.3 Å². The van der Waals surface area contributed by atoms with Crippen LogP contribution >= 0.6 is 0 Å². The lowest BCUT2D eigenvalue weighted by atomic mass is 10.2. The Labute approximate surface area is 103 Å². The summed E-state index contributed by atoms with van der Waals surface area (Å²) in [6.45, 7) is 2.02. The number of nitriles is 1. The summed E-state index contributed by atoms with van der Waals surface area (Å²) in [6, 6.07) is 5.77. The zero-order chi connectivity index (χ0) is 13.5. The number of nitro benzene ring substituents is 1.